The molecule has 0 amide bonds. The highest BCUT2D eigenvalue weighted by molar-refractivity contribution is 6.20. The predicted octanol–water partition coefficient (Wildman–Crippen LogP) is 3.36. The summed E-state index contributed by atoms with van der Waals surface area (Å²) in [6, 6.07) is 6.44. The second-order valence-electron chi connectivity index (χ2n) is 4.35. The lowest BCUT2D eigenvalue weighted by Crippen LogP contribution is -2.25. The average Bonchev–Trinajstić information content (AvgIpc) is 2.10. The smallest absolute Gasteiger partial charge is 0.0435 e. The van der Waals surface area contributed by atoms with Crippen molar-refractivity contribution in [3.8, 4) is 0 Å². The minimum absolute atomic E-state index is 0.208. The molecule has 0 aromatic heterocycles. The van der Waals surface area contributed by atoms with Crippen LogP contribution in [0.15, 0.2) is 18.2 Å². The molecule has 15 heavy (non-hydrogen) atoms. The van der Waals surface area contributed by atoms with Crippen LogP contribution in [0.3, 0.4) is 0 Å². The number of halogens is 1. The van der Waals surface area contributed by atoms with Crippen molar-refractivity contribution in [3.05, 3.63) is 34.9 Å². The van der Waals surface area contributed by atoms with Crippen molar-refractivity contribution in [2.75, 3.05) is 13.6 Å². The van der Waals surface area contributed by atoms with E-state index in [2.05, 4.69) is 44.0 Å². The topological polar surface area (TPSA) is 3.24 Å². The van der Waals surface area contributed by atoms with Gasteiger partial charge in [0.2, 0.25) is 0 Å². The summed E-state index contributed by atoms with van der Waals surface area (Å²) in [5.41, 5.74) is 4.16. The fourth-order valence-electron chi connectivity index (χ4n) is 1.86. The van der Waals surface area contributed by atoms with E-state index in [0.29, 0.717) is 0 Å². The minimum Gasteiger partial charge on any atom is -0.301 e. The van der Waals surface area contributed by atoms with E-state index >= 15 is 0 Å². The van der Waals surface area contributed by atoms with Gasteiger partial charge >= 0.3 is 0 Å². The number of aryl methyl sites for hydroxylation is 2. The Morgan fingerprint density at radius 1 is 1.27 bits per heavy atom. The summed E-state index contributed by atoms with van der Waals surface area (Å²) in [6.07, 6.45) is 0. The van der Waals surface area contributed by atoms with Crippen LogP contribution in [0.1, 0.15) is 23.6 Å². The highest BCUT2D eigenvalue weighted by Gasteiger charge is 2.07. The van der Waals surface area contributed by atoms with Gasteiger partial charge in [0.05, 0.1) is 0 Å². The van der Waals surface area contributed by atoms with Gasteiger partial charge in [-0.3, -0.25) is 0 Å². The maximum Gasteiger partial charge on any atom is 0.0435 e. The average molecular weight is 226 g/mol. The second-order valence-corrected chi connectivity index (χ2v) is 5.09. The van der Waals surface area contributed by atoms with Crippen molar-refractivity contribution in [2.24, 2.45) is 0 Å². The van der Waals surface area contributed by atoms with Crippen molar-refractivity contribution < 1.29 is 0 Å². The monoisotopic (exact) mass is 225 g/mol. The van der Waals surface area contributed by atoms with Crippen LogP contribution in [-0.2, 0) is 6.54 Å². The Hall–Kier alpha value is -0.530. The molecule has 0 saturated carbocycles. The molecule has 0 radical (unpaired) electrons. The van der Waals surface area contributed by atoms with E-state index in [0.717, 1.165) is 13.1 Å². The Labute approximate surface area is 98.0 Å². The number of rotatable bonds is 4. The van der Waals surface area contributed by atoms with Gasteiger partial charge in [-0.05, 0) is 44.5 Å². The van der Waals surface area contributed by atoms with Gasteiger partial charge in [0.1, 0.15) is 0 Å². The SMILES string of the molecule is Cc1cccc(C)c1CN(C)CC(C)Cl. The Morgan fingerprint density at radius 3 is 2.27 bits per heavy atom. The van der Waals surface area contributed by atoms with Crippen molar-refractivity contribution >= 4 is 11.6 Å². The first-order chi connectivity index (χ1) is 7.00. The number of nitrogens with zero attached hydrogens (tertiary/aromatic N) is 1. The molecule has 0 spiro atoms. The first-order valence-corrected chi connectivity index (χ1v) is 5.82. The van der Waals surface area contributed by atoms with Crippen LogP contribution in [0.5, 0.6) is 0 Å². The van der Waals surface area contributed by atoms with E-state index in [1.54, 1.807) is 0 Å². The van der Waals surface area contributed by atoms with Gasteiger partial charge in [-0.2, -0.15) is 0 Å². The Kier molecular flexibility index (Phi) is 4.62. The quantitative estimate of drug-likeness (QED) is 0.711. The van der Waals surface area contributed by atoms with Crippen molar-refractivity contribution in [1.82, 2.24) is 4.90 Å². The number of benzene rings is 1. The highest BCUT2D eigenvalue weighted by Crippen LogP contribution is 2.15. The minimum atomic E-state index is 0.208. The summed E-state index contributed by atoms with van der Waals surface area (Å²) in [5, 5.41) is 0.208. The zero-order valence-electron chi connectivity index (χ0n) is 10.0. The van der Waals surface area contributed by atoms with E-state index in [9.17, 15) is 0 Å². The Morgan fingerprint density at radius 2 is 1.80 bits per heavy atom. The number of alkyl halides is 1. The zero-order valence-corrected chi connectivity index (χ0v) is 10.8. The summed E-state index contributed by atoms with van der Waals surface area (Å²) in [4.78, 5) is 2.27. The summed E-state index contributed by atoms with van der Waals surface area (Å²) >= 11 is 5.98. The summed E-state index contributed by atoms with van der Waals surface area (Å²) in [5.74, 6) is 0. The summed E-state index contributed by atoms with van der Waals surface area (Å²) in [7, 11) is 2.12. The molecule has 0 aliphatic carbocycles. The predicted molar refractivity (Wildman–Crippen MR) is 67.6 cm³/mol. The lowest BCUT2D eigenvalue weighted by atomic mass is 10.0. The van der Waals surface area contributed by atoms with Crippen LogP contribution in [0.25, 0.3) is 0 Å². The molecule has 1 unspecified atom stereocenters. The largest absolute Gasteiger partial charge is 0.301 e. The van der Waals surface area contributed by atoms with Gasteiger partial charge in [0.25, 0.3) is 0 Å². The molecule has 1 aromatic rings. The molecule has 0 N–H and O–H groups in total. The zero-order chi connectivity index (χ0) is 11.4. The maximum absolute atomic E-state index is 5.98. The van der Waals surface area contributed by atoms with Gasteiger partial charge in [0.15, 0.2) is 0 Å². The molecular weight excluding hydrogens is 206 g/mol. The second kappa shape index (κ2) is 5.53. The van der Waals surface area contributed by atoms with E-state index in [-0.39, 0.29) is 5.38 Å². The van der Waals surface area contributed by atoms with E-state index in [1.807, 2.05) is 6.92 Å². The van der Waals surface area contributed by atoms with Gasteiger partial charge < -0.3 is 4.90 Å². The third-order valence-corrected chi connectivity index (χ3v) is 2.77. The van der Waals surface area contributed by atoms with Gasteiger partial charge in [-0.1, -0.05) is 18.2 Å². The molecule has 2 heteroatoms. The number of hydrogen-bond donors (Lipinski definition) is 0. The third kappa shape index (κ3) is 3.84. The summed E-state index contributed by atoms with van der Waals surface area (Å²) < 4.78 is 0. The summed E-state index contributed by atoms with van der Waals surface area (Å²) in [6.45, 7) is 8.27. The van der Waals surface area contributed by atoms with Gasteiger partial charge in [-0.25, -0.2) is 0 Å². The van der Waals surface area contributed by atoms with Crippen LogP contribution >= 0.6 is 11.6 Å². The molecule has 0 saturated heterocycles. The Bertz CT molecular complexity index is 300. The first kappa shape index (κ1) is 12.5. The van der Waals surface area contributed by atoms with Crippen LogP contribution in [0, 0.1) is 13.8 Å². The first-order valence-electron chi connectivity index (χ1n) is 5.38. The maximum atomic E-state index is 5.98. The van der Waals surface area contributed by atoms with Crippen LogP contribution in [0.4, 0.5) is 0 Å². The van der Waals surface area contributed by atoms with E-state index in [4.69, 9.17) is 11.6 Å². The Balaban J connectivity index is 2.71. The molecule has 0 heterocycles. The van der Waals surface area contributed by atoms with Crippen molar-refractivity contribution in [3.63, 3.8) is 0 Å². The van der Waals surface area contributed by atoms with E-state index in [1.165, 1.54) is 16.7 Å². The van der Waals surface area contributed by atoms with Gasteiger partial charge in [0, 0.05) is 18.5 Å². The molecule has 0 bridgehead atoms. The molecule has 0 fully saturated rings. The highest BCUT2D eigenvalue weighted by atomic mass is 35.5. The molecule has 1 rings (SSSR count). The molecule has 1 atom stereocenters. The van der Waals surface area contributed by atoms with Crippen LogP contribution in [-0.4, -0.2) is 23.9 Å². The molecule has 0 aliphatic heterocycles. The molecule has 1 nitrogen and oxygen atoms in total. The normalized spacial score (nSPS) is 13.2. The lowest BCUT2D eigenvalue weighted by molar-refractivity contribution is 0.328. The lowest BCUT2D eigenvalue weighted by Gasteiger charge is -2.20. The molecular formula is C13H20ClN. The molecule has 84 valence electrons. The van der Waals surface area contributed by atoms with Crippen molar-refractivity contribution in [2.45, 2.75) is 32.7 Å². The number of hydrogen-bond acceptors (Lipinski definition) is 1. The third-order valence-electron chi connectivity index (χ3n) is 2.64. The van der Waals surface area contributed by atoms with Crippen LogP contribution < -0.4 is 0 Å². The van der Waals surface area contributed by atoms with E-state index < -0.39 is 0 Å². The van der Waals surface area contributed by atoms with Crippen molar-refractivity contribution in [1.29, 1.82) is 0 Å². The van der Waals surface area contributed by atoms with Crippen LogP contribution in [0.2, 0.25) is 0 Å². The fourth-order valence-corrected chi connectivity index (χ4v) is 2.10. The van der Waals surface area contributed by atoms with Gasteiger partial charge in [-0.15, -0.1) is 11.6 Å². The standard InChI is InChI=1S/C13H20ClN/c1-10-6-5-7-11(2)13(10)9-15(4)8-12(3)14/h5-7,12H,8-9H2,1-4H3. The molecule has 1 aromatic carbocycles. The molecule has 0 aliphatic rings. The fraction of sp³-hybridized carbons (Fsp3) is 0.538.